The second-order valence-corrected chi connectivity index (χ2v) is 3.90. The fourth-order valence-corrected chi connectivity index (χ4v) is 1.97. The van der Waals surface area contributed by atoms with Crippen molar-refractivity contribution in [1.29, 1.82) is 0 Å². The molecule has 0 radical (unpaired) electrons. The number of aryl methyl sites for hydroxylation is 1. The first kappa shape index (κ1) is 10.0. The van der Waals surface area contributed by atoms with Crippen molar-refractivity contribution in [2.75, 3.05) is 7.11 Å². The largest absolute Gasteiger partial charge is 0.496 e. The predicted molar refractivity (Wildman–Crippen MR) is 57.8 cm³/mol. The van der Waals surface area contributed by atoms with E-state index in [1.807, 2.05) is 19.1 Å². The fourth-order valence-electron chi connectivity index (χ4n) is 1.97. The molecule has 0 aliphatic carbocycles. The van der Waals surface area contributed by atoms with Gasteiger partial charge in [-0.05, 0) is 19.4 Å². The van der Waals surface area contributed by atoms with E-state index in [4.69, 9.17) is 4.74 Å². The Morgan fingerprint density at radius 1 is 1.47 bits per heavy atom. The lowest BCUT2D eigenvalue weighted by atomic mass is 10.0. The second-order valence-electron chi connectivity index (χ2n) is 3.90. The molecule has 1 amide bonds. The molecule has 0 bridgehead atoms. The zero-order chi connectivity index (χ0) is 10.8. The van der Waals surface area contributed by atoms with E-state index in [-0.39, 0.29) is 11.9 Å². The molecule has 1 heterocycles. The number of ether oxygens (including phenoxy) is 1. The van der Waals surface area contributed by atoms with E-state index in [9.17, 15) is 4.79 Å². The Balaban J connectivity index is 2.33. The van der Waals surface area contributed by atoms with Crippen molar-refractivity contribution in [1.82, 2.24) is 5.32 Å². The van der Waals surface area contributed by atoms with Gasteiger partial charge in [-0.15, -0.1) is 0 Å². The van der Waals surface area contributed by atoms with Crippen LogP contribution in [0.25, 0.3) is 0 Å². The molecule has 0 saturated carbocycles. The summed E-state index contributed by atoms with van der Waals surface area (Å²) < 4.78 is 5.30. The van der Waals surface area contributed by atoms with Crippen LogP contribution in [-0.2, 0) is 4.79 Å². The van der Waals surface area contributed by atoms with Crippen molar-refractivity contribution in [3.8, 4) is 5.75 Å². The van der Waals surface area contributed by atoms with Crippen molar-refractivity contribution in [2.45, 2.75) is 25.8 Å². The van der Waals surface area contributed by atoms with Gasteiger partial charge in [0.15, 0.2) is 0 Å². The first-order valence-electron chi connectivity index (χ1n) is 5.14. The number of hydrogen-bond donors (Lipinski definition) is 1. The SMILES string of the molecule is COc1ccc(C)cc1C1CCC(=O)N1. The molecule has 15 heavy (non-hydrogen) atoms. The third-order valence-corrected chi connectivity index (χ3v) is 2.76. The summed E-state index contributed by atoms with van der Waals surface area (Å²) in [5.41, 5.74) is 2.27. The van der Waals surface area contributed by atoms with Crippen LogP contribution in [0.4, 0.5) is 0 Å². The smallest absolute Gasteiger partial charge is 0.220 e. The molecule has 1 aliphatic rings. The molecule has 1 aliphatic heterocycles. The molecule has 1 unspecified atom stereocenters. The normalized spacial score (nSPS) is 20.1. The molecule has 1 N–H and O–H groups in total. The molecule has 1 aromatic carbocycles. The molecule has 2 rings (SSSR count). The van der Waals surface area contributed by atoms with E-state index in [2.05, 4.69) is 11.4 Å². The first-order valence-corrected chi connectivity index (χ1v) is 5.14. The van der Waals surface area contributed by atoms with E-state index < -0.39 is 0 Å². The maximum Gasteiger partial charge on any atom is 0.220 e. The minimum atomic E-state index is 0.118. The number of carbonyl (C=O) groups is 1. The van der Waals surface area contributed by atoms with Gasteiger partial charge in [0, 0.05) is 12.0 Å². The minimum Gasteiger partial charge on any atom is -0.496 e. The van der Waals surface area contributed by atoms with Crippen LogP contribution in [0, 0.1) is 6.92 Å². The van der Waals surface area contributed by atoms with Gasteiger partial charge >= 0.3 is 0 Å². The van der Waals surface area contributed by atoms with E-state index in [1.54, 1.807) is 7.11 Å². The Labute approximate surface area is 89.4 Å². The molecular weight excluding hydrogens is 190 g/mol. The molecule has 3 heteroatoms. The lowest BCUT2D eigenvalue weighted by Crippen LogP contribution is -2.18. The number of benzene rings is 1. The lowest BCUT2D eigenvalue weighted by Gasteiger charge is -2.15. The maximum absolute atomic E-state index is 11.2. The van der Waals surface area contributed by atoms with Crippen LogP contribution in [0.2, 0.25) is 0 Å². The highest BCUT2D eigenvalue weighted by molar-refractivity contribution is 5.79. The van der Waals surface area contributed by atoms with Gasteiger partial charge in [-0.1, -0.05) is 17.7 Å². The highest BCUT2D eigenvalue weighted by atomic mass is 16.5. The minimum absolute atomic E-state index is 0.118. The summed E-state index contributed by atoms with van der Waals surface area (Å²) in [6, 6.07) is 6.16. The first-order chi connectivity index (χ1) is 7.20. The van der Waals surface area contributed by atoms with Gasteiger partial charge in [0.2, 0.25) is 5.91 Å². The molecule has 1 aromatic rings. The molecule has 0 spiro atoms. The van der Waals surface area contributed by atoms with Crippen molar-refractivity contribution >= 4 is 5.91 Å². The summed E-state index contributed by atoms with van der Waals surface area (Å²) in [6.07, 6.45) is 1.47. The highest BCUT2D eigenvalue weighted by Gasteiger charge is 2.24. The summed E-state index contributed by atoms with van der Waals surface area (Å²) in [7, 11) is 1.66. The molecule has 80 valence electrons. The number of carbonyl (C=O) groups excluding carboxylic acids is 1. The Morgan fingerprint density at radius 2 is 2.27 bits per heavy atom. The standard InChI is InChI=1S/C12H15NO2/c1-8-3-5-11(15-2)9(7-8)10-4-6-12(14)13-10/h3,5,7,10H,4,6H2,1-2H3,(H,13,14). The summed E-state index contributed by atoms with van der Waals surface area (Å²) in [6.45, 7) is 2.04. The van der Waals surface area contributed by atoms with Gasteiger partial charge in [-0.3, -0.25) is 4.79 Å². The zero-order valence-electron chi connectivity index (χ0n) is 9.04. The van der Waals surface area contributed by atoms with Gasteiger partial charge in [-0.2, -0.15) is 0 Å². The summed E-state index contributed by atoms with van der Waals surface area (Å²) >= 11 is 0. The predicted octanol–water partition coefficient (Wildman–Crippen LogP) is 1.95. The van der Waals surface area contributed by atoms with E-state index in [0.29, 0.717) is 6.42 Å². The van der Waals surface area contributed by atoms with Crippen LogP contribution in [0.5, 0.6) is 5.75 Å². The fraction of sp³-hybridized carbons (Fsp3) is 0.417. The molecule has 0 aromatic heterocycles. The average Bonchev–Trinajstić information content (AvgIpc) is 2.65. The monoisotopic (exact) mass is 205 g/mol. The van der Waals surface area contributed by atoms with Crippen LogP contribution < -0.4 is 10.1 Å². The number of rotatable bonds is 2. The van der Waals surface area contributed by atoms with Crippen molar-refractivity contribution in [3.63, 3.8) is 0 Å². The van der Waals surface area contributed by atoms with Crippen LogP contribution in [0.1, 0.15) is 30.0 Å². The van der Waals surface area contributed by atoms with Crippen LogP contribution in [-0.4, -0.2) is 13.0 Å². The summed E-state index contributed by atoms with van der Waals surface area (Å²) in [4.78, 5) is 11.2. The topological polar surface area (TPSA) is 38.3 Å². The Bertz CT molecular complexity index is 387. The number of nitrogens with one attached hydrogen (secondary N) is 1. The van der Waals surface area contributed by atoms with Gasteiger partial charge < -0.3 is 10.1 Å². The number of methoxy groups -OCH3 is 1. The summed E-state index contributed by atoms with van der Waals surface area (Å²) in [5.74, 6) is 0.983. The van der Waals surface area contributed by atoms with Crippen molar-refractivity contribution in [3.05, 3.63) is 29.3 Å². The van der Waals surface area contributed by atoms with Crippen LogP contribution in [0.15, 0.2) is 18.2 Å². The van der Waals surface area contributed by atoms with E-state index in [1.165, 1.54) is 5.56 Å². The molecule has 1 fully saturated rings. The Morgan fingerprint density at radius 3 is 2.87 bits per heavy atom. The third kappa shape index (κ3) is 1.96. The average molecular weight is 205 g/mol. The van der Waals surface area contributed by atoms with Crippen molar-refractivity contribution in [2.24, 2.45) is 0 Å². The van der Waals surface area contributed by atoms with Crippen LogP contribution >= 0.6 is 0 Å². The van der Waals surface area contributed by atoms with Crippen LogP contribution in [0.3, 0.4) is 0 Å². The van der Waals surface area contributed by atoms with Gasteiger partial charge in [0.05, 0.1) is 13.2 Å². The Kier molecular flexibility index (Phi) is 2.62. The van der Waals surface area contributed by atoms with E-state index >= 15 is 0 Å². The quantitative estimate of drug-likeness (QED) is 0.801. The second kappa shape index (κ2) is 3.93. The maximum atomic E-state index is 11.2. The Hall–Kier alpha value is -1.51. The lowest BCUT2D eigenvalue weighted by molar-refractivity contribution is -0.119. The van der Waals surface area contributed by atoms with Gasteiger partial charge in [0.1, 0.15) is 5.75 Å². The van der Waals surface area contributed by atoms with Crippen molar-refractivity contribution < 1.29 is 9.53 Å². The molecular formula is C12H15NO2. The van der Waals surface area contributed by atoms with E-state index in [0.717, 1.165) is 17.7 Å². The zero-order valence-corrected chi connectivity index (χ0v) is 9.04. The van der Waals surface area contributed by atoms with Gasteiger partial charge in [0.25, 0.3) is 0 Å². The third-order valence-electron chi connectivity index (χ3n) is 2.76. The highest BCUT2D eigenvalue weighted by Crippen LogP contribution is 2.31. The number of hydrogen-bond acceptors (Lipinski definition) is 2. The number of amides is 1. The molecule has 1 saturated heterocycles. The molecule has 1 atom stereocenters. The molecule has 3 nitrogen and oxygen atoms in total. The summed E-state index contributed by atoms with van der Waals surface area (Å²) in [5, 5.41) is 2.95. The van der Waals surface area contributed by atoms with Gasteiger partial charge in [-0.25, -0.2) is 0 Å².